The molecule has 0 radical (unpaired) electrons. The first kappa shape index (κ1) is 12.9. The maximum absolute atomic E-state index is 12.6. The van der Waals surface area contributed by atoms with E-state index in [-0.39, 0.29) is 11.6 Å². The van der Waals surface area contributed by atoms with Crippen molar-refractivity contribution in [2.24, 2.45) is 4.99 Å². The molecular formula is C10H10FIN2O2. The highest BCUT2D eigenvalue weighted by atomic mass is 127. The number of carbonyl (C=O) groups excluding carboxylic acids is 1. The van der Waals surface area contributed by atoms with Gasteiger partial charge in [0.15, 0.2) is 3.84 Å². The first-order valence-electron chi connectivity index (χ1n) is 4.38. The standard InChI is InChI=1S/C10H10FIN2O2/c1-14(2)9(12)13-10(15)16-8-5-3-7(11)4-6-8/h3-6H,1-2H3. The summed E-state index contributed by atoms with van der Waals surface area (Å²) in [4.78, 5) is 16.6. The molecule has 0 saturated carbocycles. The lowest BCUT2D eigenvalue weighted by atomic mass is 10.3. The molecule has 6 heteroatoms. The van der Waals surface area contributed by atoms with Gasteiger partial charge in [-0.25, -0.2) is 9.18 Å². The summed E-state index contributed by atoms with van der Waals surface area (Å²) < 4.78 is 17.9. The number of benzene rings is 1. The fourth-order valence-corrected chi connectivity index (χ4v) is 0.999. The number of rotatable bonds is 1. The zero-order valence-electron chi connectivity index (χ0n) is 8.78. The van der Waals surface area contributed by atoms with Gasteiger partial charge in [-0.05, 0) is 46.9 Å². The SMILES string of the molecule is CN(C)C(I)=NC(=O)Oc1ccc(F)cc1. The molecule has 0 spiro atoms. The minimum absolute atomic E-state index is 0.262. The molecule has 1 aromatic rings. The van der Waals surface area contributed by atoms with Crippen molar-refractivity contribution in [1.82, 2.24) is 4.90 Å². The summed E-state index contributed by atoms with van der Waals surface area (Å²) >= 11 is 1.91. The molecule has 0 N–H and O–H groups in total. The van der Waals surface area contributed by atoms with Crippen LogP contribution in [0.4, 0.5) is 9.18 Å². The van der Waals surface area contributed by atoms with E-state index in [2.05, 4.69) is 4.99 Å². The summed E-state index contributed by atoms with van der Waals surface area (Å²) in [5.41, 5.74) is 0. The number of aliphatic imine (C=N–C) groups is 1. The number of amides is 1. The molecule has 0 fully saturated rings. The minimum Gasteiger partial charge on any atom is -0.409 e. The predicted octanol–water partition coefficient (Wildman–Crippen LogP) is 2.68. The Morgan fingerprint density at radius 2 is 1.94 bits per heavy atom. The molecular weight excluding hydrogens is 326 g/mol. The van der Waals surface area contributed by atoms with Crippen molar-refractivity contribution in [3.8, 4) is 5.75 Å². The van der Waals surface area contributed by atoms with E-state index in [9.17, 15) is 9.18 Å². The van der Waals surface area contributed by atoms with E-state index in [4.69, 9.17) is 4.74 Å². The molecule has 0 saturated heterocycles. The Hall–Kier alpha value is -1.18. The Labute approximate surface area is 106 Å². The quantitative estimate of drug-likeness (QED) is 0.343. The summed E-state index contributed by atoms with van der Waals surface area (Å²) in [5.74, 6) is -0.121. The van der Waals surface area contributed by atoms with Crippen LogP contribution in [0.3, 0.4) is 0 Å². The Morgan fingerprint density at radius 1 is 1.38 bits per heavy atom. The van der Waals surface area contributed by atoms with Gasteiger partial charge in [0.05, 0.1) is 0 Å². The highest BCUT2D eigenvalue weighted by Crippen LogP contribution is 2.12. The topological polar surface area (TPSA) is 41.9 Å². The van der Waals surface area contributed by atoms with Crippen LogP contribution in [0.25, 0.3) is 0 Å². The Kier molecular flexibility index (Phi) is 4.66. The number of hydrogen-bond donors (Lipinski definition) is 0. The van der Waals surface area contributed by atoms with Gasteiger partial charge in [0.1, 0.15) is 11.6 Å². The molecule has 16 heavy (non-hydrogen) atoms. The van der Waals surface area contributed by atoms with Gasteiger partial charge in [-0.15, -0.1) is 0 Å². The zero-order chi connectivity index (χ0) is 12.1. The molecule has 0 aliphatic rings. The monoisotopic (exact) mass is 336 g/mol. The van der Waals surface area contributed by atoms with Crippen molar-refractivity contribution in [1.29, 1.82) is 0 Å². The predicted molar refractivity (Wildman–Crippen MR) is 67.6 cm³/mol. The van der Waals surface area contributed by atoms with E-state index in [0.29, 0.717) is 3.84 Å². The van der Waals surface area contributed by atoms with Crippen molar-refractivity contribution < 1.29 is 13.9 Å². The molecule has 1 rings (SSSR count). The molecule has 4 nitrogen and oxygen atoms in total. The third-order valence-corrected chi connectivity index (χ3v) is 2.78. The highest BCUT2D eigenvalue weighted by Gasteiger charge is 2.05. The maximum atomic E-state index is 12.6. The van der Waals surface area contributed by atoms with Gasteiger partial charge in [0.2, 0.25) is 0 Å². The third kappa shape index (κ3) is 4.13. The van der Waals surface area contributed by atoms with Crippen LogP contribution in [0.15, 0.2) is 29.3 Å². The van der Waals surface area contributed by atoms with Gasteiger partial charge < -0.3 is 9.64 Å². The Bertz CT molecular complexity index is 404. The van der Waals surface area contributed by atoms with E-state index in [0.717, 1.165) is 0 Å². The van der Waals surface area contributed by atoms with Gasteiger partial charge in [0, 0.05) is 14.1 Å². The smallest absolute Gasteiger partial charge is 0.409 e. The second kappa shape index (κ2) is 5.78. The lowest BCUT2D eigenvalue weighted by Crippen LogP contribution is -2.18. The molecule has 0 aliphatic carbocycles. The van der Waals surface area contributed by atoms with Crippen LogP contribution >= 0.6 is 22.6 Å². The second-order valence-electron chi connectivity index (χ2n) is 3.10. The number of amidine groups is 1. The molecule has 0 bridgehead atoms. The Balaban J connectivity index is 2.65. The highest BCUT2D eigenvalue weighted by molar-refractivity contribution is 14.1. The van der Waals surface area contributed by atoms with Crippen LogP contribution in [-0.4, -0.2) is 28.9 Å². The number of ether oxygens (including phenoxy) is 1. The van der Waals surface area contributed by atoms with Gasteiger partial charge in [-0.3, -0.25) is 0 Å². The third-order valence-electron chi connectivity index (χ3n) is 1.57. The lowest BCUT2D eigenvalue weighted by Gasteiger charge is -2.08. The summed E-state index contributed by atoms with van der Waals surface area (Å²) in [5, 5.41) is 0. The van der Waals surface area contributed by atoms with Crippen LogP contribution in [-0.2, 0) is 0 Å². The van der Waals surface area contributed by atoms with Crippen LogP contribution in [0, 0.1) is 5.82 Å². The van der Waals surface area contributed by atoms with Crippen LogP contribution in [0.2, 0.25) is 0 Å². The van der Waals surface area contributed by atoms with Crippen molar-refractivity contribution in [2.75, 3.05) is 14.1 Å². The van der Waals surface area contributed by atoms with Gasteiger partial charge >= 0.3 is 6.09 Å². The first-order valence-corrected chi connectivity index (χ1v) is 5.46. The summed E-state index contributed by atoms with van der Waals surface area (Å²) in [6, 6.07) is 5.16. The van der Waals surface area contributed by atoms with Gasteiger partial charge in [-0.2, -0.15) is 4.99 Å². The van der Waals surface area contributed by atoms with E-state index in [1.165, 1.54) is 24.3 Å². The average molecular weight is 336 g/mol. The van der Waals surface area contributed by atoms with Crippen molar-refractivity contribution in [3.63, 3.8) is 0 Å². The molecule has 86 valence electrons. The van der Waals surface area contributed by atoms with Crippen LogP contribution < -0.4 is 4.74 Å². The van der Waals surface area contributed by atoms with Gasteiger partial charge in [-0.1, -0.05) is 0 Å². The molecule has 1 amide bonds. The molecule has 0 atom stereocenters. The zero-order valence-corrected chi connectivity index (χ0v) is 10.9. The molecule has 0 aromatic heterocycles. The molecule has 0 aliphatic heterocycles. The maximum Gasteiger partial charge on any atom is 0.441 e. The van der Waals surface area contributed by atoms with Crippen molar-refractivity contribution >= 4 is 32.5 Å². The van der Waals surface area contributed by atoms with E-state index in [1.54, 1.807) is 19.0 Å². The number of hydrogen-bond acceptors (Lipinski definition) is 2. The molecule has 1 aromatic carbocycles. The average Bonchev–Trinajstić information content (AvgIpc) is 2.21. The first-order chi connectivity index (χ1) is 7.49. The second-order valence-corrected chi connectivity index (χ2v) is 4.06. The summed E-state index contributed by atoms with van der Waals surface area (Å²) in [7, 11) is 3.52. The largest absolute Gasteiger partial charge is 0.441 e. The lowest BCUT2D eigenvalue weighted by molar-refractivity contribution is 0.211. The van der Waals surface area contributed by atoms with E-state index >= 15 is 0 Å². The Morgan fingerprint density at radius 3 is 2.44 bits per heavy atom. The van der Waals surface area contributed by atoms with Crippen molar-refractivity contribution in [3.05, 3.63) is 30.1 Å². The summed E-state index contributed by atoms with van der Waals surface area (Å²) in [6.07, 6.45) is -0.732. The molecule has 0 heterocycles. The minimum atomic E-state index is -0.732. The van der Waals surface area contributed by atoms with Crippen LogP contribution in [0.5, 0.6) is 5.75 Å². The summed E-state index contributed by atoms with van der Waals surface area (Å²) in [6.45, 7) is 0. The fourth-order valence-electron chi connectivity index (χ4n) is 0.802. The normalized spacial score (nSPS) is 11.1. The fraction of sp³-hybridized carbons (Fsp3) is 0.200. The number of halogens is 2. The van der Waals surface area contributed by atoms with Crippen LogP contribution in [0.1, 0.15) is 0 Å². The number of carbonyl (C=O) groups is 1. The van der Waals surface area contributed by atoms with Gasteiger partial charge in [0.25, 0.3) is 0 Å². The van der Waals surface area contributed by atoms with Crippen molar-refractivity contribution in [2.45, 2.75) is 0 Å². The van der Waals surface area contributed by atoms with E-state index in [1.807, 2.05) is 22.6 Å². The number of nitrogens with zero attached hydrogens (tertiary/aromatic N) is 2. The molecule has 0 unspecified atom stereocenters. The van der Waals surface area contributed by atoms with E-state index < -0.39 is 6.09 Å².